The van der Waals surface area contributed by atoms with E-state index in [2.05, 4.69) is 10.1 Å². The Labute approximate surface area is 171 Å². The number of carbonyl (C=O) groups is 2. The first kappa shape index (κ1) is 23.4. The molecule has 1 N–H and O–H groups in total. The lowest BCUT2D eigenvalue weighted by atomic mass is 9.97. The lowest BCUT2D eigenvalue weighted by molar-refractivity contribution is -0.145. The average molecular weight is 457 g/mol. The zero-order chi connectivity index (χ0) is 22.0. The van der Waals surface area contributed by atoms with Gasteiger partial charge in [-0.05, 0) is 38.0 Å². The third-order valence-corrected chi connectivity index (χ3v) is 6.84. The highest BCUT2D eigenvalue weighted by Gasteiger charge is 2.37. The Kier molecular flexibility index (Phi) is 7.18. The summed E-state index contributed by atoms with van der Waals surface area (Å²) in [5.41, 5.74) is -1.23. The zero-order valence-corrected chi connectivity index (χ0v) is 17.2. The molecule has 2 rings (SSSR count). The number of nitrogens with one attached hydrogen (secondary N) is 1. The molecule has 1 amide bonds. The molecule has 0 radical (unpaired) electrons. The van der Waals surface area contributed by atoms with E-state index in [-0.39, 0.29) is 25.9 Å². The minimum atomic E-state index is -4.79. The number of rotatable bonds is 5. The van der Waals surface area contributed by atoms with Crippen molar-refractivity contribution in [3.05, 3.63) is 28.8 Å². The van der Waals surface area contributed by atoms with E-state index in [1.54, 1.807) is 0 Å². The van der Waals surface area contributed by atoms with Crippen LogP contribution in [0.3, 0.4) is 0 Å². The van der Waals surface area contributed by atoms with E-state index in [0.29, 0.717) is 6.07 Å². The first-order chi connectivity index (χ1) is 13.4. The second-order valence-electron chi connectivity index (χ2n) is 6.57. The monoisotopic (exact) mass is 456 g/mol. The quantitative estimate of drug-likeness (QED) is 0.687. The van der Waals surface area contributed by atoms with Crippen molar-refractivity contribution in [3.8, 4) is 0 Å². The molecule has 1 aliphatic heterocycles. The largest absolute Gasteiger partial charge is 0.467 e. The number of piperidine rings is 1. The van der Waals surface area contributed by atoms with Crippen molar-refractivity contribution in [1.82, 2.24) is 9.62 Å². The molecule has 0 unspecified atom stereocenters. The molecule has 0 aromatic heterocycles. The molecule has 29 heavy (non-hydrogen) atoms. The van der Waals surface area contributed by atoms with Crippen LogP contribution in [0.5, 0.6) is 0 Å². The number of alkyl halides is 3. The Morgan fingerprint density at radius 2 is 1.86 bits per heavy atom. The van der Waals surface area contributed by atoms with E-state index in [9.17, 15) is 31.2 Å². The molecule has 1 atom stereocenters. The van der Waals surface area contributed by atoms with Crippen LogP contribution in [0.1, 0.15) is 25.3 Å². The lowest BCUT2D eigenvalue weighted by Crippen LogP contribution is -2.46. The molecule has 0 spiro atoms. The molecule has 0 saturated carbocycles. The molecular weight excluding hydrogens is 437 g/mol. The number of nitrogens with zero attached hydrogens (tertiary/aromatic N) is 1. The van der Waals surface area contributed by atoms with E-state index in [1.807, 2.05) is 0 Å². The Morgan fingerprint density at radius 3 is 2.38 bits per heavy atom. The van der Waals surface area contributed by atoms with Gasteiger partial charge in [-0.15, -0.1) is 0 Å². The molecule has 7 nitrogen and oxygen atoms in total. The van der Waals surface area contributed by atoms with Gasteiger partial charge in [-0.2, -0.15) is 17.5 Å². The number of halogens is 4. The van der Waals surface area contributed by atoms with Crippen molar-refractivity contribution in [2.75, 3.05) is 20.2 Å². The van der Waals surface area contributed by atoms with Crippen molar-refractivity contribution < 1.29 is 35.9 Å². The standard InChI is InChI=1S/C17H20ClF3N2O5S/c1-10(16(25)28-2)22-15(24)11-5-7-23(8-6-11)29(26,27)12-3-4-14(18)13(9-12)17(19,20)21/h3-4,9-11H,5-8H2,1-2H3,(H,22,24)/t10-/m1/s1. The summed E-state index contributed by atoms with van der Waals surface area (Å²) in [6.45, 7) is 1.37. The summed E-state index contributed by atoms with van der Waals surface area (Å²) < 4.78 is 70.0. The third kappa shape index (κ3) is 5.40. The van der Waals surface area contributed by atoms with Gasteiger partial charge in [0.1, 0.15) is 6.04 Å². The van der Waals surface area contributed by atoms with Crippen molar-refractivity contribution in [3.63, 3.8) is 0 Å². The number of hydrogen-bond donors (Lipinski definition) is 1. The average Bonchev–Trinajstić information content (AvgIpc) is 2.66. The third-order valence-electron chi connectivity index (χ3n) is 4.62. The van der Waals surface area contributed by atoms with Crippen LogP contribution in [0.25, 0.3) is 0 Å². The van der Waals surface area contributed by atoms with Gasteiger partial charge in [0.25, 0.3) is 0 Å². The highest BCUT2D eigenvalue weighted by Crippen LogP contribution is 2.36. The second-order valence-corrected chi connectivity index (χ2v) is 8.92. The number of sulfonamides is 1. The van der Waals surface area contributed by atoms with Gasteiger partial charge < -0.3 is 10.1 Å². The smallest absolute Gasteiger partial charge is 0.417 e. The number of methoxy groups -OCH3 is 1. The molecule has 0 aliphatic carbocycles. The van der Waals surface area contributed by atoms with Gasteiger partial charge in [-0.25, -0.2) is 13.2 Å². The van der Waals surface area contributed by atoms with E-state index in [1.165, 1.54) is 14.0 Å². The number of carbonyl (C=O) groups excluding carboxylic acids is 2. The van der Waals surface area contributed by atoms with E-state index in [0.717, 1.165) is 16.4 Å². The molecule has 1 fully saturated rings. The van der Waals surface area contributed by atoms with Crippen molar-refractivity contribution in [2.24, 2.45) is 5.92 Å². The molecule has 1 heterocycles. The van der Waals surface area contributed by atoms with Crippen molar-refractivity contribution >= 4 is 33.5 Å². The van der Waals surface area contributed by atoms with Crippen LogP contribution < -0.4 is 5.32 Å². The molecule has 0 bridgehead atoms. The number of benzene rings is 1. The minimum absolute atomic E-state index is 0.0446. The maximum Gasteiger partial charge on any atom is 0.417 e. The molecule has 1 aromatic rings. The van der Waals surface area contributed by atoms with Crippen LogP contribution in [-0.4, -0.2) is 50.8 Å². The summed E-state index contributed by atoms with van der Waals surface area (Å²) in [6, 6.07) is 1.58. The van der Waals surface area contributed by atoms with Crippen LogP contribution >= 0.6 is 11.6 Å². The summed E-state index contributed by atoms with van der Waals surface area (Å²) in [4.78, 5) is 23.1. The number of ether oxygens (including phenoxy) is 1. The summed E-state index contributed by atoms with van der Waals surface area (Å²) in [5.74, 6) is -1.54. The van der Waals surface area contributed by atoms with Crippen LogP contribution in [0.4, 0.5) is 13.2 Å². The molecule has 1 aliphatic rings. The van der Waals surface area contributed by atoms with E-state index >= 15 is 0 Å². The van der Waals surface area contributed by atoms with Gasteiger partial charge in [0.2, 0.25) is 15.9 Å². The molecule has 1 aromatic carbocycles. The van der Waals surface area contributed by atoms with Crippen molar-refractivity contribution in [1.29, 1.82) is 0 Å². The first-order valence-electron chi connectivity index (χ1n) is 8.63. The first-order valence-corrected chi connectivity index (χ1v) is 10.4. The lowest BCUT2D eigenvalue weighted by Gasteiger charge is -2.31. The van der Waals surface area contributed by atoms with Gasteiger partial charge in [0.05, 0.1) is 22.6 Å². The van der Waals surface area contributed by atoms with Crippen LogP contribution in [0.15, 0.2) is 23.1 Å². The zero-order valence-electron chi connectivity index (χ0n) is 15.6. The highest BCUT2D eigenvalue weighted by atomic mass is 35.5. The second kappa shape index (κ2) is 8.88. The normalized spacial score (nSPS) is 17.6. The van der Waals surface area contributed by atoms with Gasteiger partial charge in [-0.1, -0.05) is 11.6 Å². The van der Waals surface area contributed by atoms with Gasteiger partial charge >= 0.3 is 12.1 Å². The van der Waals surface area contributed by atoms with Crippen molar-refractivity contribution in [2.45, 2.75) is 36.9 Å². The summed E-state index contributed by atoms with van der Waals surface area (Å²) in [7, 11) is -2.99. The summed E-state index contributed by atoms with van der Waals surface area (Å²) >= 11 is 5.54. The Bertz CT molecular complexity index is 884. The Balaban J connectivity index is 2.09. The van der Waals surface area contributed by atoms with Gasteiger partial charge in [0.15, 0.2) is 0 Å². The molecular formula is C17H20ClF3N2O5S. The number of hydrogen-bond acceptors (Lipinski definition) is 5. The van der Waals surface area contributed by atoms with E-state index < -0.39 is 55.5 Å². The molecule has 162 valence electrons. The summed E-state index contributed by atoms with van der Waals surface area (Å²) in [6.07, 6.45) is -4.46. The number of amides is 1. The van der Waals surface area contributed by atoms with Gasteiger partial charge in [0, 0.05) is 19.0 Å². The Morgan fingerprint density at radius 1 is 1.28 bits per heavy atom. The Hall–Kier alpha value is -1.85. The van der Waals surface area contributed by atoms with Gasteiger partial charge in [-0.3, -0.25) is 4.79 Å². The maximum atomic E-state index is 13.0. The predicted octanol–water partition coefficient (Wildman–Crippen LogP) is 2.44. The molecule has 12 heteroatoms. The fourth-order valence-electron chi connectivity index (χ4n) is 2.96. The fraction of sp³-hybridized carbons (Fsp3) is 0.529. The van der Waals surface area contributed by atoms with Crippen LogP contribution in [-0.2, 0) is 30.5 Å². The fourth-order valence-corrected chi connectivity index (χ4v) is 4.68. The SMILES string of the molecule is COC(=O)[C@@H](C)NC(=O)C1CCN(S(=O)(=O)c2ccc(Cl)c(C(F)(F)F)c2)CC1. The predicted molar refractivity (Wildman–Crippen MR) is 97.6 cm³/mol. The minimum Gasteiger partial charge on any atom is -0.467 e. The van der Waals surface area contributed by atoms with E-state index in [4.69, 9.17) is 11.6 Å². The highest BCUT2D eigenvalue weighted by molar-refractivity contribution is 7.89. The summed E-state index contributed by atoms with van der Waals surface area (Å²) in [5, 5.41) is 1.90. The maximum absolute atomic E-state index is 13.0. The van der Waals surface area contributed by atoms with Crippen LogP contribution in [0.2, 0.25) is 5.02 Å². The topological polar surface area (TPSA) is 92.8 Å². The molecule has 1 saturated heterocycles. The van der Waals surface area contributed by atoms with Crippen LogP contribution in [0, 0.1) is 5.92 Å². The number of esters is 1.